The number of alkyl carbamates (subject to hydrolysis) is 1. The normalized spacial score (nSPS) is 22.2. The number of phenols is 1. The van der Waals surface area contributed by atoms with E-state index in [-0.39, 0.29) is 18.7 Å². The summed E-state index contributed by atoms with van der Waals surface area (Å²) < 4.78 is 37.5. The average Bonchev–Trinajstić information content (AvgIpc) is 2.96. The van der Waals surface area contributed by atoms with E-state index in [2.05, 4.69) is 5.32 Å². The van der Waals surface area contributed by atoms with Crippen LogP contribution in [0.1, 0.15) is 38.8 Å². The van der Waals surface area contributed by atoms with Crippen molar-refractivity contribution in [3.05, 3.63) is 29.8 Å². The van der Waals surface area contributed by atoms with E-state index in [1.807, 2.05) is 0 Å². The van der Waals surface area contributed by atoms with E-state index >= 15 is 0 Å². The molecule has 0 bridgehead atoms. The predicted octanol–water partition coefficient (Wildman–Crippen LogP) is 0.573. The van der Waals surface area contributed by atoms with E-state index in [0.717, 1.165) is 0 Å². The van der Waals surface area contributed by atoms with Gasteiger partial charge >= 0.3 is 16.4 Å². The molecule has 3 atom stereocenters. The number of carbonyl (C=O) groups is 3. The van der Waals surface area contributed by atoms with Crippen molar-refractivity contribution in [1.82, 2.24) is 14.5 Å². The van der Waals surface area contributed by atoms with Crippen LogP contribution in [-0.2, 0) is 24.6 Å². The molecule has 2 aliphatic rings. The van der Waals surface area contributed by atoms with Crippen molar-refractivity contribution >= 4 is 28.2 Å². The lowest BCUT2D eigenvalue weighted by Crippen LogP contribution is -2.68. The number of nitrogens with one attached hydrogen (secondary N) is 1. The van der Waals surface area contributed by atoms with Gasteiger partial charge in [0, 0.05) is 6.54 Å². The zero-order valence-electron chi connectivity index (χ0n) is 16.6. The van der Waals surface area contributed by atoms with Gasteiger partial charge in [-0.2, -0.15) is 8.42 Å². The highest BCUT2D eigenvalue weighted by Crippen LogP contribution is 2.37. The lowest BCUT2D eigenvalue weighted by molar-refractivity contribution is -0.152. The highest BCUT2D eigenvalue weighted by atomic mass is 32.2. The lowest BCUT2D eigenvalue weighted by atomic mass is 9.99. The van der Waals surface area contributed by atoms with Crippen molar-refractivity contribution in [2.75, 3.05) is 6.54 Å². The number of aromatic hydroxyl groups is 1. The van der Waals surface area contributed by atoms with Gasteiger partial charge in [-0.05, 0) is 44.9 Å². The average molecular weight is 441 g/mol. The molecule has 0 spiro atoms. The molecule has 3 N–H and O–H groups in total. The van der Waals surface area contributed by atoms with Gasteiger partial charge in [-0.1, -0.05) is 12.1 Å². The number of likely N-dealkylation sites (tertiary alicyclic amines) is 1. The molecule has 2 saturated heterocycles. The Kier molecular flexibility index (Phi) is 5.41. The van der Waals surface area contributed by atoms with Gasteiger partial charge in [0.15, 0.2) is 0 Å². The van der Waals surface area contributed by atoms with Gasteiger partial charge in [-0.3, -0.25) is 14.1 Å². The monoisotopic (exact) mass is 441 g/mol. The molecule has 12 heteroatoms. The lowest BCUT2D eigenvalue weighted by Gasteiger charge is -2.43. The molecule has 3 rings (SSSR count). The summed E-state index contributed by atoms with van der Waals surface area (Å²) in [7, 11) is -4.71. The Bertz CT molecular complexity index is 970. The van der Waals surface area contributed by atoms with Gasteiger partial charge in [0.1, 0.15) is 23.4 Å². The number of β-lactam (4-membered cyclic amide) rings is 1. The topological polar surface area (TPSA) is 154 Å². The first-order valence-electron chi connectivity index (χ1n) is 9.19. The molecule has 2 fully saturated rings. The molecule has 30 heavy (non-hydrogen) atoms. The summed E-state index contributed by atoms with van der Waals surface area (Å²) in [4.78, 5) is 39.0. The molecule has 1 aromatic rings. The van der Waals surface area contributed by atoms with Crippen molar-refractivity contribution in [3.8, 4) is 5.75 Å². The summed E-state index contributed by atoms with van der Waals surface area (Å²) in [5.41, 5.74) is -0.476. The van der Waals surface area contributed by atoms with Crippen LogP contribution in [0.5, 0.6) is 5.75 Å². The molecular formula is C18H23N3O8S. The summed E-state index contributed by atoms with van der Waals surface area (Å²) in [6.45, 7) is 5.04. The van der Waals surface area contributed by atoms with Gasteiger partial charge < -0.3 is 20.1 Å². The van der Waals surface area contributed by atoms with E-state index in [1.54, 1.807) is 20.8 Å². The van der Waals surface area contributed by atoms with Crippen LogP contribution in [0.4, 0.5) is 4.79 Å². The molecule has 0 saturated carbocycles. The first kappa shape index (κ1) is 21.8. The third kappa shape index (κ3) is 4.19. The van der Waals surface area contributed by atoms with E-state index in [4.69, 9.17) is 4.74 Å². The molecule has 11 nitrogen and oxygen atoms in total. The quantitative estimate of drug-likeness (QED) is 0.453. The van der Waals surface area contributed by atoms with Gasteiger partial charge in [-0.25, -0.2) is 9.10 Å². The van der Waals surface area contributed by atoms with Crippen LogP contribution in [-0.4, -0.2) is 69.4 Å². The van der Waals surface area contributed by atoms with Crippen LogP contribution in [0, 0.1) is 0 Å². The minimum absolute atomic E-state index is 0.0404. The molecule has 2 aliphatic heterocycles. The summed E-state index contributed by atoms with van der Waals surface area (Å²) in [6.07, 6.45) is -0.694. The highest BCUT2D eigenvalue weighted by molar-refractivity contribution is 7.84. The van der Waals surface area contributed by atoms with E-state index in [9.17, 15) is 32.5 Å². The third-order valence-electron chi connectivity index (χ3n) is 4.80. The zero-order chi connectivity index (χ0) is 22.4. The Morgan fingerprint density at radius 2 is 1.83 bits per heavy atom. The fourth-order valence-corrected chi connectivity index (χ4v) is 4.51. The minimum Gasteiger partial charge on any atom is -0.508 e. The molecule has 164 valence electrons. The standard InChI is InChI=1S/C18H23N3O8S/c1-18(2,3)29-17(25)19-13(10-4-6-11(22)7-5-10)15(23)20-9-8-12-14(20)16(24)21(12)30(26,27)28/h4-7,12-14,22H,8-9H2,1-3H3,(H,19,25)(H,26,27,28)/t12-,13-,14+/m1/s1. The van der Waals surface area contributed by atoms with Crippen molar-refractivity contribution in [2.45, 2.75) is 50.9 Å². The summed E-state index contributed by atoms with van der Waals surface area (Å²) >= 11 is 0. The van der Waals surface area contributed by atoms with Crippen LogP contribution in [0.25, 0.3) is 0 Å². The van der Waals surface area contributed by atoms with Crippen molar-refractivity contribution in [1.29, 1.82) is 0 Å². The fraction of sp³-hybridized carbons (Fsp3) is 0.500. The SMILES string of the molecule is CC(C)(C)OC(=O)N[C@@H](C(=O)N1CC[C@@H]2[C@H]1C(=O)N2S(=O)(=O)O)c1ccc(O)cc1. The van der Waals surface area contributed by atoms with Crippen LogP contribution >= 0.6 is 0 Å². The highest BCUT2D eigenvalue weighted by Gasteiger charge is 2.60. The van der Waals surface area contributed by atoms with Crippen LogP contribution in [0.2, 0.25) is 0 Å². The zero-order valence-corrected chi connectivity index (χ0v) is 17.4. The third-order valence-corrected chi connectivity index (χ3v) is 5.75. The number of ether oxygens (including phenoxy) is 1. The maximum atomic E-state index is 13.2. The van der Waals surface area contributed by atoms with Crippen molar-refractivity contribution < 1.29 is 37.2 Å². The Morgan fingerprint density at radius 3 is 2.37 bits per heavy atom. The molecule has 2 heterocycles. The van der Waals surface area contributed by atoms with Gasteiger partial charge in [0.25, 0.3) is 11.8 Å². The second kappa shape index (κ2) is 7.43. The second-order valence-corrected chi connectivity index (χ2v) is 9.40. The number of benzene rings is 1. The van der Waals surface area contributed by atoms with Gasteiger partial charge in [-0.15, -0.1) is 0 Å². The van der Waals surface area contributed by atoms with Crippen molar-refractivity contribution in [3.63, 3.8) is 0 Å². The molecule has 0 unspecified atom stereocenters. The summed E-state index contributed by atoms with van der Waals surface area (Å²) in [5.74, 6) is -1.58. The van der Waals surface area contributed by atoms with Crippen LogP contribution in [0.15, 0.2) is 24.3 Å². The summed E-state index contributed by atoms with van der Waals surface area (Å²) in [6, 6.07) is 2.44. The van der Waals surface area contributed by atoms with E-state index < -0.39 is 51.9 Å². The minimum atomic E-state index is -4.71. The first-order chi connectivity index (χ1) is 13.8. The number of phenolic OH excluding ortho intramolecular Hbond substituents is 1. The second-order valence-electron chi connectivity index (χ2n) is 8.12. The largest absolute Gasteiger partial charge is 0.508 e. The maximum Gasteiger partial charge on any atom is 0.408 e. The number of nitrogens with zero attached hydrogens (tertiary/aromatic N) is 2. The van der Waals surface area contributed by atoms with Gasteiger partial charge in [0.05, 0.1) is 6.04 Å². The number of carbonyl (C=O) groups excluding carboxylic acids is 3. The molecular weight excluding hydrogens is 418 g/mol. The molecule has 1 aromatic carbocycles. The predicted molar refractivity (Wildman–Crippen MR) is 103 cm³/mol. The van der Waals surface area contributed by atoms with Crippen LogP contribution in [0.3, 0.4) is 0 Å². The first-order valence-corrected chi connectivity index (χ1v) is 10.6. The maximum absolute atomic E-state index is 13.2. The Labute approximate surface area is 173 Å². The molecule has 3 amide bonds. The van der Waals surface area contributed by atoms with Gasteiger partial charge in [0.2, 0.25) is 0 Å². The van der Waals surface area contributed by atoms with Crippen LogP contribution < -0.4 is 5.32 Å². The van der Waals surface area contributed by atoms with E-state index in [0.29, 0.717) is 9.87 Å². The molecule has 0 radical (unpaired) electrons. The molecule has 0 aromatic heterocycles. The Balaban J connectivity index is 1.85. The molecule has 0 aliphatic carbocycles. The van der Waals surface area contributed by atoms with E-state index in [1.165, 1.54) is 29.2 Å². The number of hydrogen-bond donors (Lipinski definition) is 3. The summed E-state index contributed by atoms with van der Waals surface area (Å²) in [5, 5.41) is 12.0. The number of fused-ring (bicyclic) bond motifs is 1. The number of hydrogen-bond acceptors (Lipinski definition) is 7. The smallest absolute Gasteiger partial charge is 0.408 e. The Hall–Kier alpha value is -2.86. The van der Waals surface area contributed by atoms with Crippen molar-refractivity contribution in [2.24, 2.45) is 0 Å². The number of rotatable bonds is 4. The fourth-order valence-electron chi connectivity index (χ4n) is 3.61. The Morgan fingerprint density at radius 1 is 1.23 bits per heavy atom. The number of amides is 3.